The van der Waals surface area contributed by atoms with E-state index in [1.54, 1.807) is 17.0 Å². The lowest BCUT2D eigenvalue weighted by atomic mass is 10.2. The van der Waals surface area contributed by atoms with E-state index in [0.717, 1.165) is 18.7 Å². The fourth-order valence-corrected chi connectivity index (χ4v) is 1.26. The maximum Gasteiger partial charge on any atom is 0.253 e. The SMILES string of the molecule is CCC(C)NCCn1cnc(C)cc1=O. The van der Waals surface area contributed by atoms with E-state index in [-0.39, 0.29) is 5.56 Å². The Bertz CT molecular complexity index is 359. The van der Waals surface area contributed by atoms with Crippen LogP contribution in [0.25, 0.3) is 0 Å². The lowest BCUT2D eigenvalue weighted by Crippen LogP contribution is -2.31. The summed E-state index contributed by atoms with van der Waals surface area (Å²) in [7, 11) is 0. The monoisotopic (exact) mass is 209 g/mol. The number of hydrogen-bond donors (Lipinski definition) is 1. The molecular formula is C11H19N3O. The second-order valence-corrected chi connectivity index (χ2v) is 3.83. The molecule has 15 heavy (non-hydrogen) atoms. The molecule has 0 bridgehead atoms. The topological polar surface area (TPSA) is 46.9 Å². The highest BCUT2D eigenvalue weighted by molar-refractivity contribution is 4.95. The molecule has 1 unspecified atom stereocenters. The standard InChI is InChI=1S/C11H19N3O/c1-4-9(2)12-5-6-14-8-13-10(3)7-11(14)15/h7-9,12H,4-6H2,1-3H3. The molecule has 1 rings (SSSR count). The predicted molar refractivity (Wildman–Crippen MR) is 61.0 cm³/mol. The van der Waals surface area contributed by atoms with E-state index in [0.29, 0.717) is 12.6 Å². The summed E-state index contributed by atoms with van der Waals surface area (Å²) >= 11 is 0. The average Bonchev–Trinajstić information content (AvgIpc) is 2.21. The van der Waals surface area contributed by atoms with Crippen LogP contribution in [0.5, 0.6) is 0 Å². The van der Waals surface area contributed by atoms with Gasteiger partial charge < -0.3 is 5.32 Å². The van der Waals surface area contributed by atoms with Crippen molar-refractivity contribution in [2.45, 2.75) is 39.8 Å². The Balaban J connectivity index is 2.48. The van der Waals surface area contributed by atoms with Crippen molar-refractivity contribution in [3.8, 4) is 0 Å². The highest BCUT2D eigenvalue weighted by atomic mass is 16.1. The maximum absolute atomic E-state index is 11.5. The van der Waals surface area contributed by atoms with Crippen LogP contribution < -0.4 is 10.9 Å². The third-order valence-electron chi connectivity index (χ3n) is 2.47. The van der Waals surface area contributed by atoms with Gasteiger partial charge in [0.1, 0.15) is 0 Å². The van der Waals surface area contributed by atoms with Crippen molar-refractivity contribution in [3.05, 3.63) is 28.4 Å². The van der Waals surface area contributed by atoms with Crippen LogP contribution in [0.4, 0.5) is 0 Å². The minimum Gasteiger partial charge on any atom is -0.312 e. The third-order valence-corrected chi connectivity index (χ3v) is 2.47. The second-order valence-electron chi connectivity index (χ2n) is 3.83. The molecule has 1 heterocycles. The molecular weight excluding hydrogens is 190 g/mol. The fourth-order valence-electron chi connectivity index (χ4n) is 1.26. The molecule has 0 aliphatic carbocycles. The van der Waals surface area contributed by atoms with Crippen LogP contribution in [0.15, 0.2) is 17.2 Å². The number of nitrogens with zero attached hydrogens (tertiary/aromatic N) is 2. The van der Waals surface area contributed by atoms with Gasteiger partial charge in [0.15, 0.2) is 0 Å². The fraction of sp³-hybridized carbons (Fsp3) is 0.636. The lowest BCUT2D eigenvalue weighted by molar-refractivity contribution is 0.497. The Morgan fingerprint density at radius 1 is 1.60 bits per heavy atom. The zero-order valence-electron chi connectivity index (χ0n) is 9.66. The van der Waals surface area contributed by atoms with Crippen LogP contribution in [0.2, 0.25) is 0 Å². The van der Waals surface area contributed by atoms with Gasteiger partial charge in [-0.15, -0.1) is 0 Å². The van der Waals surface area contributed by atoms with E-state index >= 15 is 0 Å². The number of nitrogens with one attached hydrogen (secondary N) is 1. The first kappa shape index (κ1) is 11.9. The molecule has 0 amide bonds. The first-order chi connectivity index (χ1) is 7.13. The minimum absolute atomic E-state index is 0.0217. The molecule has 0 aliphatic heterocycles. The van der Waals surface area contributed by atoms with Crippen molar-refractivity contribution >= 4 is 0 Å². The molecule has 1 aromatic heterocycles. The van der Waals surface area contributed by atoms with Crippen molar-refractivity contribution in [3.63, 3.8) is 0 Å². The summed E-state index contributed by atoms with van der Waals surface area (Å²) in [6, 6.07) is 2.06. The van der Waals surface area contributed by atoms with E-state index in [1.165, 1.54) is 0 Å². The van der Waals surface area contributed by atoms with Gasteiger partial charge in [-0.3, -0.25) is 9.36 Å². The molecule has 1 N–H and O–H groups in total. The molecule has 0 aromatic carbocycles. The summed E-state index contributed by atoms with van der Waals surface area (Å²) in [5.41, 5.74) is 0.791. The van der Waals surface area contributed by atoms with Crippen molar-refractivity contribution in [2.75, 3.05) is 6.54 Å². The molecule has 0 fully saturated rings. The van der Waals surface area contributed by atoms with Gasteiger partial charge in [-0.1, -0.05) is 6.92 Å². The molecule has 0 saturated carbocycles. The smallest absolute Gasteiger partial charge is 0.253 e. The van der Waals surface area contributed by atoms with Crippen LogP contribution in [0, 0.1) is 6.92 Å². The molecule has 0 aliphatic rings. The summed E-state index contributed by atoms with van der Waals surface area (Å²) in [6.45, 7) is 7.58. The molecule has 0 spiro atoms. The van der Waals surface area contributed by atoms with Crippen molar-refractivity contribution in [1.29, 1.82) is 0 Å². The van der Waals surface area contributed by atoms with E-state index in [2.05, 4.69) is 24.1 Å². The highest BCUT2D eigenvalue weighted by Gasteiger charge is 1.99. The van der Waals surface area contributed by atoms with E-state index in [4.69, 9.17) is 0 Å². The Kier molecular flexibility index (Phi) is 4.49. The summed E-state index contributed by atoms with van der Waals surface area (Å²) in [4.78, 5) is 15.6. The summed E-state index contributed by atoms with van der Waals surface area (Å²) < 4.78 is 1.63. The Morgan fingerprint density at radius 2 is 2.33 bits per heavy atom. The number of hydrogen-bond acceptors (Lipinski definition) is 3. The van der Waals surface area contributed by atoms with Gasteiger partial charge in [0, 0.05) is 30.9 Å². The van der Waals surface area contributed by atoms with Gasteiger partial charge in [-0.25, -0.2) is 4.98 Å². The van der Waals surface area contributed by atoms with Crippen LogP contribution in [0.3, 0.4) is 0 Å². The molecule has 4 nitrogen and oxygen atoms in total. The molecule has 4 heteroatoms. The molecule has 0 radical (unpaired) electrons. The van der Waals surface area contributed by atoms with Crippen molar-refractivity contribution < 1.29 is 0 Å². The van der Waals surface area contributed by atoms with Crippen LogP contribution in [0.1, 0.15) is 26.0 Å². The van der Waals surface area contributed by atoms with Gasteiger partial charge in [0.05, 0.1) is 6.33 Å². The van der Waals surface area contributed by atoms with Gasteiger partial charge in [0.2, 0.25) is 0 Å². The number of aromatic nitrogens is 2. The van der Waals surface area contributed by atoms with Gasteiger partial charge in [-0.05, 0) is 20.3 Å². The Hall–Kier alpha value is -1.16. The van der Waals surface area contributed by atoms with E-state index in [9.17, 15) is 4.79 Å². The molecule has 84 valence electrons. The Labute approximate surface area is 90.3 Å². The van der Waals surface area contributed by atoms with Crippen LogP contribution in [-0.2, 0) is 6.54 Å². The second kappa shape index (κ2) is 5.66. The van der Waals surface area contributed by atoms with Crippen molar-refractivity contribution in [2.24, 2.45) is 0 Å². The molecule has 0 saturated heterocycles. The first-order valence-corrected chi connectivity index (χ1v) is 5.40. The predicted octanol–water partition coefficient (Wildman–Crippen LogP) is 0.940. The zero-order chi connectivity index (χ0) is 11.3. The number of aryl methyl sites for hydroxylation is 1. The van der Waals surface area contributed by atoms with Crippen LogP contribution in [-0.4, -0.2) is 22.1 Å². The minimum atomic E-state index is 0.0217. The quantitative estimate of drug-likeness (QED) is 0.785. The lowest BCUT2D eigenvalue weighted by Gasteiger charge is -2.11. The van der Waals surface area contributed by atoms with Gasteiger partial charge in [-0.2, -0.15) is 0 Å². The third kappa shape index (κ3) is 3.83. The summed E-state index contributed by atoms with van der Waals surface area (Å²) in [6.07, 6.45) is 2.71. The zero-order valence-corrected chi connectivity index (χ0v) is 9.66. The molecule has 1 atom stereocenters. The normalized spacial score (nSPS) is 12.7. The largest absolute Gasteiger partial charge is 0.312 e. The van der Waals surface area contributed by atoms with E-state index < -0.39 is 0 Å². The van der Waals surface area contributed by atoms with E-state index in [1.807, 2.05) is 6.92 Å². The Morgan fingerprint density at radius 3 is 2.93 bits per heavy atom. The van der Waals surface area contributed by atoms with Gasteiger partial charge >= 0.3 is 0 Å². The highest BCUT2D eigenvalue weighted by Crippen LogP contribution is 1.88. The number of rotatable bonds is 5. The maximum atomic E-state index is 11.5. The summed E-state index contributed by atoms with van der Waals surface area (Å²) in [5.74, 6) is 0. The summed E-state index contributed by atoms with van der Waals surface area (Å²) in [5, 5.41) is 3.34. The van der Waals surface area contributed by atoms with Crippen LogP contribution >= 0.6 is 0 Å². The van der Waals surface area contributed by atoms with Gasteiger partial charge in [0.25, 0.3) is 5.56 Å². The first-order valence-electron chi connectivity index (χ1n) is 5.40. The average molecular weight is 209 g/mol. The van der Waals surface area contributed by atoms with Crippen molar-refractivity contribution in [1.82, 2.24) is 14.9 Å². The molecule has 1 aromatic rings.